The topological polar surface area (TPSA) is 9.23 Å². The maximum Gasteiger partial charge on any atom is 0.0974 e. The molecule has 0 aromatic rings. The first kappa shape index (κ1) is 12.0. The predicted molar refractivity (Wildman–Crippen MR) is 80.5 cm³/mol. The molecule has 20 heavy (non-hydrogen) atoms. The molecule has 4 atom stereocenters. The van der Waals surface area contributed by atoms with Gasteiger partial charge >= 0.3 is 0 Å². The van der Waals surface area contributed by atoms with Crippen molar-refractivity contribution in [1.29, 1.82) is 0 Å². The van der Waals surface area contributed by atoms with Crippen LogP contribution in [0.2, 0.25) is 0 Å². The van der Waals surface area contributed by atoms with Gasteiger partial charge in [-0.2, -0.15) is 0 Å². The third kappa shape index (κ3) is 1.25. The summed E-state index contributed by atoms with van der Waals surface area (Å²) >= 11 is 0. The van der Waals surface area contributed by atoms with Gasteiger partial charge in [0, 0.05) is 0 Å². The first-order valence-electron chi connectivity index (χ1n) is 8.79. The quantitative estimate of drug-likeness (QED) is 0.607. The lowest BCUT2D eigenvalue weighted by Gasteiger charge is -2.52. The molecule has 2 bridgehead atoms. The second-order valence-corrected chi connectivity index (χ2v) is 8.32. The standard InChI is InChI=1S/C19H26O/c1-17-8-4-6-16(17)19-12-11-18(20-19)9-3-2-5-14(18)13-15(19)7-10-17/h7,13,16H,2-6,8-12H2,1H3. The molecule has 0 aromatic carbocycles. The van der Waals surface area contributed by atoms with Crippen LogP contribution in [-0.4, -0.2) is 11.2 Å². The molecule has 108 valence electrons. The summed E-state index contributed by atoms with van der Waals surface area (Å²) in [6.45, 7) is 2.53. The Morgan fingerprint density at radius 2 is 2.05 bits per heavy atom. The summed E-state index contributed by atoms with van der Waals surface area (Å²) in [5, 5.41) is 0. The van der Waals surface area contributed by atoms with Gasteiger partial charge in [-0.15, -0.1) is 0 Å². The number of allylic oxidation sites excluding steroid dienone is 1. The molecule has 0 aromatic heterocycles. The molecule has 0 amide bonds. The Bertz CT molecular complexity index is 530. The largest absolute Gasteiger partial charge is 0.359 e. The maximum absolute atomic E-state index is 7.02. The van der Waals surface area contributed by atoms with Crippen LogP contribution in [0.5, 0.6) is 0 Å². The molecule has 1 heteroatoms. The third-order valence-electron chi connectivity index (χ3n) is 7.39. The molecule has 3 aliphatic carbocycles. The van der Waals surface area contributed by atoms with Crippen molar-refractivity contribution in [3.63, 3.8) is 0 Å². The van der Waals surface area contributed by atoms with Crippen molar-refractivity contribution in [1.82, 2.24) is 0 Å². The summed E-state index contributed by atoms with van der Waals surface area (Å²) in [4.78, 5) is 0. The third-order valence-corrected chi connectivity index (χ3v) is 7.39. The second kappa shape index (κ2) is 3.61. The Morgan fingerprint density at radius 1 is 1.10 bits per heavy atom. The van der Waals surface area contributed by atoms with Gasteiger partial charge in [-0.3, -0.25) is 0 Å². The van der Waals surface area contributed by atoms with E-state index in [2.05, 4.69) is 19.1 Å². The van der Waals surface area contributed by atoms with Crippen LogP contribution in [0.15, 0.2) is 23.3 Å². The van der Waals surface area contributed by atoms with Gasteiger partial charge in [-0.25, -0.2) is 0 Å². The minimum absolute atomic E-state index is 0.115. The zero-order chi connectivity index (χ0) is 13.4. The Kier molecular flexibility index (Phi) is 2.17. The van der Waals surface area contributed by atoms with E-state index in [1.165, 1.54) is 64.2 Å². The van der Waals surface area contributed by atoms with Crippen molar-refractivity contribution in [3.05, 3.63) is 23.3 Å². The van der Waals surface area contributed by atoms with E-state index < -0.39 is 0 Å². The zero-order valence-corrected chi connectivity index (χ0v) is 12.7. The number of ether oxygens (including phenoxy) is 1. The van der Waals surface area contributed by atoms with Crippen LogP contribution in [0.3, 0.4) is 0 Å². The summed E-state index contributed by atoms with van der Waals surface area (Å²) in [6.07, 6.45) is 18.6. The molecule has 0 radical (unpaired) electrons. The van der Waals surface area contributed by atoms with E-state index in [0.29, 0.717) is 5.41 Å². The number of hydrogen-bond acceptors (Lipinski definition) is 1. The van der Waals surface area contributed by atoms with Crippen LogP contribution in [0.4, 0.5) is 0 Å². The highest BCUT2D eigenvalue weighted by Crippen LogP contribution is 2.66. The lowest BCUT2D eigenvalue weighted by molar-refractivity contribution is -0.132. The fraction of sp³-hybridized carbons (Fsp3) is 0.789. The highest BCUT2D eigenvalue weighted by Gasteiger charge is 2.63. The highest BCUT2D eigenvalue weighted by molar-refractivity contribution is 5.46. The monoisotopic (exact) mass is 270 g/mol. The molecule has 1 nitrogen and oxygen atoms in total. The summed E-state index contributed by atoms with van der Waals surface area (Å²) in [6, 6.07) is 0. The molecular weight excluding hydrogens is 244 g/mol. The minimum atomic E-state index is 0.115. The molecule has 1 saturated heterocycles. The molecule has 0 N–H and O–H groups in total. The normalized spacial score (nSPS) is 52.8. The highest BCUT2D eigenvalue weighted by atomic mass is 16.5. The Hall–Kier alpha value is -0.560. The average molecular weight is 270 g/mol. The van der Waals surface area contributed by atoms with Crippen molar-refractivity contribution >= 4 is 0 Å². The average Bonchev–Trinajstić information content (AvgIpc) is 2.98. The van der Waals surface area contributed by atoms with Crippen LogP contribution in [-0.2, 0) is 4.74 Å². The van der Waals surface area contributed by atoms with Gasteiger partial charge < -0.3 is 4.74 Å². The molecule has 4 unspecified atom stereocenters. The van der Waals surface area contributed by atoms with E-state index in [1.807, 2.05) is 0 Å². The van der Waals surface area contributed by atoms with Crippen LogP contribution < -0.4 is 0 Å². The second-order valence-electron chi connectivity index (χ2n) is 8.32. The summed E-state index contributed by atoms with van der Waals surface area (Å²) in [5.74, 6) is 0.786. The van der Waals surface area contributed by atoms with Gasteiger partial charge in [0.25, 0.3) is 0 Å². The van der Waals surface area contributed by atoms with E-state index in [1.54, 1.807) is 11.1 Å². The van der Waals surface area contributed by atoms with Crippen LogP contribution in [0.25, 0.3) is 0 Å². The first-order valence-corrected chi connectivity index (χ1v) is 8.79. The lowest BCUT2D eigenvalue weighted by Crippen LogP contribution is -2.52. The fourth-order valence-corrected chi connectivity index (χ4v) is 6.37. The van der Waals surface area contributed by atoms with E-state index in [4.69, 9.17) is 4.74 Å². The summed E-state index contributed by atoms with van der Waals surface area (Å²) < 4.78 is 7.02. The molecule has 2 heterocycles. The molecule has 2 saturated carbocycles. The molecule has 5 rings (SSSR count). The van der Waals surface area contributed by atoms with Gasteiger partial charge in [0.2, 0.25) is 0 Å². The molecular formula is C19H26O. The lowest BCUT2D eigenvalue weighted by atomic mass is 9.61. The van der Waals surface area contributed by atoms with Gasteiger partial charge in [-0.1, -0.05) is 25.5 Å². The molecule has 2 spiro atoms. The van der Waals surface area contributed by atoms with Crippen molar-refractivity contribution in [2.45, 2.75) is 82.3 Å². The maximum atomic E-state index is 7.02. The van der Waals surface area contributed by atoms with Crippen molar-refractivity contribution in [2.24, 2.45) is 11.3 Å². The number of rotatable bonds is 0. The van der Waals surface area contributed by atoms with Gasteiger partial charge in [-0.05, 0) is 80.3 Å². The fourth-order valence-electron chi connectivity index (χ4n) is 6.37. The van der Waals surface area contributed by atoms with Crippen LogP contribution >= 0.6 is 0 Å². The predicted octanol–water partition coefficient (Wildman–Crippen LogP) is 4.92. The Labute approximate surface area is 122 Å². The van der Waals surface area contributed by atoms with Gasteiger partial charge in [0.05, 0.1) is 11.2 Å². The minimum Gasteiger partial charge on any atom is -0.359 e. The van der Waals surface area contributed by atoms with Gasteiger partial charge in [0.1, 0.15) is 0 Å². The van der Waals surface area contributed by atoms with E-state index >= 15 is 0 Å². The van der Waals surface area contributed by atoms with Crippen molar-refractivity contribution < 1.29 is 4.74 Å². The smallest absolute Gasteiger partial charge is 0.0974 e. The SMILES string of the molecule is CC12CC=C3C=C4CCCCC45CCC3(O5)C1CCC2. The van der Waals surface area contributed by atoms with Crippen molar-refractivity contribution in [3.8, 4) is 0 Å². The number of hydrogen-bond donors (Lipinski definition) is 0. The Morgan fingerprint density at radius 3 is 3.00 bits per heavy atom. The van der Waals surface area contributed by atoms with Gasteiger partial charge in [0.15, 0.2) is 0 Å². The van der Waals surface area contributed by atoms with Crippen molar-refractivity contribution in [2.75, 3.05) is 0 Å². The molecule has 3 fully saturated rings. The van der Waals surface area contributed by atoms with E-state index in [0.717, 1.165) is 5.92 Å². The van der Waals surface area contributed by atoms with E-state index in [9.17, 15) is 0 Å². The summed E-state index contributed by atoms with van der Waals surface area (Å²) in [7, 11) is 0. The Balaban J connectivity index is 1.68. The van der Waals surface area contributed by atoms with E-state index in [-0.39, 0.29) is 11.2 Å². The van der Waals surface area contributed by atoms with Crippen LogP contribution in [0.1, 0.15) is 71.1 Å². The van der Waals surface area contributed by atoms with Crippen LogP contribution in [0, 0.1) is 11.3 Å². The zero-order valence-electron chi connectivity index (χ0n) is 12.7. The first-order chi connectivity index (χ1) is 9.67. The molecule has 2 aliphatic heterocycles. The summed E-state index contributed by atoms with van der Waals surface area (Å²) in [5.41, 5.74) is 4.02. The molecule has 5 aliphatic rings. The number of fused-ring (bicyclic) bond motifs is 1.